The molecule has 1 saturated carbocycles. The number of rotatable bonds is 32. The first-order chi connectivity index (χ1) is 20.2. The van der Waals surface area contributed by atoms with Crippen molar-refractivity contribution in [2.75, 3.05) is 26.7 Å². The fourth-order valence-electron chi connectivity index (χ4n) is 6.79. The highest BCUT2D eigenvalue weighted by Crippen LogP contribution is 2.29. The van der Waals surface area contributed by atoms with Gasteiger partial charge in [-0.1, -0.05) is 174 Å². The van der Waals surface area contributed by atoms with Crippen LogP contribution in [0.15, 0.2) is 0 Å². The van der Waals surface area contributed by atoms with E-state index in [4.69, 9.17) is 4.74 Å². The summed E-state index contributed by atoms with van der Waals surface area (Å²) < 4.78 is 5.49. The maximum Gasteiger partial charge on any atom is 0.305 e. The number of hydrogen-bond acceptors (Lipinski definition) is 2. The molecule has 0 aromatic rings. The molecule has 1 atom stereocenters. The quantitative estimate of drug-likeness (QED) is 0.0635. The normalized spacial score (nSPS) is 14.6. The van der Waals surface area contributed by atoms with Gasteiger partial charge in [0.15, 0.2) is 0 Å². The SMILES string of the molecule is CCCCCCCCCCCCCCCC[NH+](C)CCCOC(=O)CCCCCCCCCCCCC1CCCC1. The van der Waals surface area contributed by atoms with E-state index in [0.717, 1.165) is 25.3 Å². The summed E-state index contributed by atoms with van der Waals surface area (Å²) in [5, 5.41) is 0. The van der Waals surface area contributed by atoms with Gasteiger partial charge in [-0.25, -0.2) is 0 Å². The summed E-state index contributed by atoms with van der Waals surface area (Å²) in [5.74, 6) is 1.09. The molecule has 0 bridgehead atoms. The van der Waals surface area contributed by atoms with Crippen molar-refractivity contribution in [3.05, 3.63) is 0 Å². The topological polar surface area (TPSA) is 30.7 Å². The van der Waals surface area contributed by atoms with Crippen LogP contribution in [0.2, 0.25) is 0 Å². The second kappa shape index (κ2) is 30.9. The first-order valence-corrected chi connectivity index (χ1v) is 19.2. The van der Waals surface area contributed by atoms with Crippen molar-refractivity contribution < 1.29 is 14.4 Å². The second-order valence-electron chi connectivity index (χ2n) is 13.9. The van der Waals surface area contributed by atoms with Crippen molar-refractivity contribution in [3.63, 3.8) is 0 Å². The molecule has 0 aromatic carbocycles. The van der Waals surface area contributed by atoms with Crippen LogP contribution in [-0.2, 0) is 9.53 Å². The Balaban J connectivity index is 1.72. The number of hydrogen-bond donors (Lipinski definition) is 1. The maximum absolute atomic E-state index is 12.0. The van der Waals surface area contributed by atoms with Crippen molar-refractivity contribution in [3.8, 4) is 0 Å². The average Bonchev–Trinajstić information content (AvgIpc) is 3.50. The van der Waals surface area contributed by atoms with Crippen molar-refractivity contribution >= 4 is 5.97 Å². The number of quaternary nitrogens is 1. The summed E-state index contributed by atoms with van der Waals surface area (Å²) in [5.41, 5.74) is 0. The monoisotopic (exact) mass is 579 g/mol. The Hall–Kier alpha value is -0.570. The number of ether oxygens (including phenoxy) is 1. The van der Waals surface area contributed by atoms with Gasteiger partial charge in [-0.2, -0.15) is 0 Å². The Morgan fingerprint density at radius 1 is 0.561 bits per heavy atom. The van der Waals surface area contributed by atoms with Gasteiger partial charge >= 0.3 is 5.97 Å². The van der Waals surface area contributed by atoms with Gasteiger partial charge in [0.2, 0.25) is 0 Å². The molecule has 1 N–H and O–H groups in total. The zero-order valence-corrected chi connectivity index (χ0v) is 28.4. The van der Waals surface area contributed by atoms with Crippen LogP contribution < -0.4 is 4.90 Å². The van der Waals surface area contributed by atoms with Crippen LogP contribution in [0.3, 0.4) is 0 Å². The van der Waals surface area contributed by atoms with Crippen molar-refractivity contribution in [2.24, 2.45) is 5.92 Å². The zero-order chi connectivity index (χ0) is 29.5. The van der Waals surface area contributed by atoms with E-state index >= 15 is 0 Å². The molecule has 0 amide bonds. The summed E-state index contributed by atoms with van der Waals surface area (Å²) >= 11 is 0. The molecule has 41 heavy (non-hydrogen) atoms. The van der Waals surface area contributed by atoms with Gasteiger partial charge in [-0.05, 0) is 25.2 Å². The molecule has 244 valence electrons. The van der Waals surface area contributed by atoms with E-state index in [-0.39, 0.29) is 5.97 Å². The predicted octanol–water partition coefficient (Wildman–Crippen LogP) is 10.8. The molecule has 1 rings (SSSR count). The molecule has 0 radical (unpaired) electrons. The summed E-state index contributed by atoms with van der Waals surface area (Å²) in [4.78, 5) is 13.6. The lowest BCUT2D eigenvalue weighted by molar-refractivity contribution is -0.880. The summed E-state index contributed by atoms with van der Waals surface area (Å²) in [6, 6.07) is 0. The minimum absolute atomic E-state index is 0.0206. The van der Waals surface area contributed by atoms with Crippen LogP contribution in [0.5, 0.6) is 0 Å². The third kappa shape index (κ3) is 28.0. The van der Waals surface area contributed by atoms with Gasteiger partial charge < -0.3 is 9.64 Å². The van der Waals surface area contributed by atoms with E-state index in [1.807, 2.05) is 0 Å². The third-order valence-corrected chi connectivity index (χ3v) is 9.69. The molecule has 1 aliphatic carbocycles. The molecule has 1 unspecified atom stereocenters. The fourth-order valence-corrected chi connectivity index (χ4v) is 6.79. The molecular weight excluding hydrogens is 502 g/mol. The van der Waals surface area contributed by atoms with Gasteiger partial charge in [0.25, 0.3) is 0 Å². The number of unbranched alkanes of at least 4 members (excludes halogenated alkanes) is 22. The Labute approximate surface area is 258 Å². The molecule has 0 saturated heterocycles. The number of carbonyl (C=O) groups excluding carboxylic acids is 1. The van der Waals surface area contributed by atoms with Crippen molar-refractivity contribution in [1.29, 1.82) is 0 Å². The first-order valence-electron chi connectivity index (χ1n) is 19.2. The summed E-state index contributed by atoms with van der Waals surface area (Å²) in [6.45, 7) is 5.28. The van der Waals surface area contributed by atoms with E-state index in [9.17, 15) is 4.79 Å². The number of carbonyl (C=O) groups is 1. The Bertz CT molecular complexity index is 530. The van der Waals surface area contributed by atoms with Crippen LogP contribution in [0.25, 0.3) is 0 Å². The first kappa shape index (κ1) is 38.5. The molecule has 1 fully saturated rings. The molecule has 3 nitrogen and oxygen atoms in total. The van der Waals surface area contributed by atoms with Crippen molar-refractivity contribution in [1.82, 2.24) is 0 Å². The molecule has 0 aliphatic heterocycles. The standard InChI is InChI=1S/C38H75NO2/c1-3-4-5-6-7-8-9-10-11-14-17-20-23-28-34-39(2)35-29-36-41-38(40)33-25-22-19-16-13-12-15-18-21-24-30-37-31-26-27-32-37/h37H,3-36H2,1-2H3/p+1. The maximum atomic E-state index is 12.0. The highest BCUT2D eigenvalue weighted by atomic mass is 16.5. The Morgan fingerprint density at radius 2 is 0.976 bits per heavy atom. The van der Waals surface area contributed by atoms with E-state index in [2.05, 4.69) is 14.0 Å². The van der Waals surface area contributed by atoms with E-state index in [1.54, 1.807) is 4.90 Å². The minimum atomic E-state index is 0.0206. The van der Waals surface area contributed by atoms with Gasteiger partial charge in [0.05, 0.1) is 26.7 Å². The van der Waals surface area contributed by atoms with Crippen LogP contribution >= 0.6 is 0 Å². The van der Waals surface area contributed by atoms with Crippen LogP contribution in [0.4, 0.5) is 0 Å². The number of nitrogens with one attached hydrogen (secondary N) is 1. The lowest BCUT2D eigenvalue weighted by Crippen LogP contribution is -3.09. The highest BCUT2D eigenvalue weighted by Gasteiger charge is 2.13. The fraction of sp³-hybridized carbons (Fsp3) is 0.974. The lowest BCUT2D eigenvalue weighted by atomic mass is 9.99. The van der Waals surface area contributed by atoms with Gasteiger partial charge in [0.1, 0.15) is 0 Å². The van der Waals surface area contributed by atoms with Crippen LogP contribution in [0, 0.1) is 5.92 Å². The number of esters is 1. The zero-order valence-electron chi connectivity index (χ0n) is 28.4. The summed E-state index contributed by atoms with van der Waals surface area (Å²) in [6.07, 6.45) is 42.4. The van der Waals surface area contributed by atoms with E-state index < -0.39 is 0 Å². The van der Waals surface area contributed by atoms with E-state index in [1.165, 1.54) is 186 Å². The largest absolute Gasteiger partial charge is 0.465 e. The molecule has 0 heterocycles. The average molecular weight is 579 g/mol. The van der Waals surface area contributed by atoms with E-state index in [0.29, 0.717) is 13.0 Å². The molecule has 0 aromatic heterocycles. The minimum Gasteiger partial charge on any atom is -0.465 e. The molecule has 1 aliphatic rings. The van der Waals surface area contributed by atoms with Crippen LogP contribution in [-0.4, -0.2) is 32.7 Å². The van der Waals surface area contributed by atoms with Gasteiger partial charge in [-0.3, -0.25) is 4.79 Å². The van der Waals surface area contributed by atoms with Crippen molar-refractivity contribution in [2.45, 2.75) is 206 Å². The molecule has 0 spiro atoms. The second-order valence-corrected chi connectivity index (χ2v) is 13.9. The predicted molar refractivity (Wildman–Crippen MR) is 180 cm³/mol. The molecule has 3 heteroatoms. The van der Waals surface area contributed by atoms with Gasteiger partial charge in [-0.15, -0.1) is 0 Å². The Kier molecular flexibility index (Phi) is 29.0. The molecular formula is C38H76NO2+. The Morgan fingerprint density at radius 3 is 1.49 bits per heavy atom. The highest BCUT2D eigenvalue weighted by molar-refractivity contribution is 5.69. The van der Waals surface area contributed by atoms with Gasteiger partial charge in [0, 0.05) is 12.8 Å². The third-order valence-electron chi connectivity index (χ3n) is 9.69. The summed E-state index contributed by atoms with van der Waals surface area (Å²) in [7, 11) is 2.29. The van der Waals surface area contributed by atoms with Crippen LogP contribution in [0.1, 0.15) is 206 Å². The lowest BCUT2D eigenvalue weighted by Gasteiger charge is -2.14. The smallest absolute Gasteiger partial charge is 0.305 e.